The molecule has 2 aliphatic carbocycles. The third-order valence-corrected chi connectivity index (χ3v) is 4.55. The van der Waals surface area contributed by atoms with E-state index in [1.807, 2.05) is 50.2 Å². The summed E-state index contributed by atoms with van der Waals surface area (Å²) in [7, 11) is 0. The first-order valence-corrected chi connectivity index (χ1v) is 7.87. The minimum absolute atomic E-state index is 0.260. The Balaban J connectivity index is 0.000000136. The largest absolute Gasteiger partial charge is 0.294 e. The minimum atomic E-state index is -1.30. The van der Waals surface area contributed by atoms with Gasteiger partial charge in [-0.25, -0.2) is 4.39 Å². The van der Waals surface area contributed by atoms with Crippen LogP contribution in [0.4, 0.5) is 4.39 Å². The van der Waals surface area contributed by atoms with Gasteiger partial charge < -0.3 is 0 Å². The van der Waals surface area contributed by atoms with Gasteiger partial charge in [-0.1, -0.05) is 36.4 Å². The number of Topliss-reactive ketones (excluding diaryl/α,β-unsaturated/α-hetero) is 2. The van der Waals surface area contributed by atoms with Crippen molar-refractivity contribution in [1.29, 1.82) is 0 Å². The summed E-state index contributed by atoms with van der Waals surface area (Å²) in [5.41, 5.74) is 5.68. The van der Waals surface area contributed by atoms with Crippen LogP contribution in [0.15, 0.2) is 36.4 Å². The number of carbonyl (C=O) groups excluding carboxylic acids is 2. The van der Waals surface area contributed by atoms with Crippen molar-refractivity contribution in [1.82, 2.24) is 0 Å². The van der Waals surface area contributed by atoms with Crippen LogP contribution in [0.25, 0.3) is 0 Å². The predicted molar refractivity (Wildman–Crippen MR) is 87.9 cm³/mol. The fourth-order valence-corrected chi connectivity index (χ4v) is 3.40. The van der Waals surface area contributed by atoms with Gasteiger partial charge in [0.2, 0.25) is 0 Å². The van der Waals surface area contributed by atoms with Gasteiger partial charge in [0, 0.05) is 24.0 Å². The molecule has 4 rings (SSSR count). The number of hydrogen-bond donors (Lipinski definition) is 0. The molecule has 1 atom stereocenters. The maximum Gasteiger partial charge on any atom is 0.197 e. The van der Waals surface area contributed by atoms with Crippen LogP contribution in [0, 0.1) is 13.8 Å². The Labute approximate surface area is 135 Å². The number of benzene rings is 2. The molecule has 0 bridgehead atoms. The number of alkyl halides is 1. The average Bonchev–Trinajstić information content (AvgIpc) is 3.03. The smallest absolute Gasteiger partial charge is 0.197 e. The van der Waals surface area contributed by atoms with E-state index in [-0.39, 0.29) is 12.2 Å². The Bertz CT molecular complexity index is 792. The summed E-state index contributed by atoms with van der Waals surface area (Å²) in [6.07, 6.45) is 0.604. The number of rotatable bonds is 0. The summed E-state index contributed by atoms with van der Waals surface area (Å²) in [6.45, 7) is 3.84. The Morgan fingerprint density at radius 3 is 2.09 bits per heavy atom. The predicted octanol–water partition coefficient (Wildman–Crippen LogP) is 4.20. The van der Waals surface area contributed by atoms with Crippen molar-refractivity contribution in [2.24, 2.45) is 0 Å². The molecule has 0 saturated heterocycles. The highest BCUT2D eigenvalue weighted by Crippen LogP contribution is 2.26. The first kappa shape index (κ1) is 15.6. The van der Waals surface area contributed by atoms with Crippen molar-refractivity contribution in [3.63, 3.8) is 0 Å². The number of aryl methyl sites for hydroxylation is 3. The van der Waals surface area contributed by atoms with E-state index in [2.05, 4.69) is 0 Å². The Hall–Kier alpha value is -2.29. The molecule has 0 aromatic heterocycles. The summed E-state index contributed by atoms with van der Waals surface area (Å²) < 4.78 is 12.9. The van der Waals surface area contributed by atoms with Crippen LogP contribution < -0.4 is 0 Å². The van der Waals surface area contributed by atoms with Crippen molar-refractivity contribution in [2.45, 2.75) is 39.3 Å². The highest BCUT2D eigenvalue weighted by Gasteiger charge is 2.31. The van der Waals surface area contributed by atoms with E-state index in [1.54, 1.807) is 0 Å². The Morgan fingerprint density at radius 2 is 1.48 bits per heavy atom. The fourth-order valence-electron chi connectivity index (χ4n) is 3.40. The zero-order chi connectivity index (χ0) is 16.6. The molecular formula is C20H19FO2. The average molecular weight is 310 g/mol. The van der Waals surface area contributed by atoms with Gasteiger partial charge in [0.05, 0.1) is 0 Å². The zero-order valence-electron chi connectivity index (χ0n) is 13.4. The number of carbonyl (C=O) groups is 2. The quantitative estimate of drug-likeness (QED) is 0.731. The number of hydrogen-bond acceptors (Lipinski definition) is 2. The molecule has 0 fully saturated rings. The van der Waals surface area contributed by atoms with E-state index in [0.29, 0.717) is 17.8 Å². The van der Waals surface area contributed by atoms with E-state index < -0.39 is 6.17 Å². The molecule has 0 amide bonds. The Kier molecular flexibility index (Phi) is 4.12. The highest BCUT2D eigenvalue weighted by molar-refractivity contribution is 6.05. The maximum absolute atomic E-state index is 12.9. The minimum Gasteiger partial charge on any atom is -0.294 e. The zero-order valence-corrected chi connectivity index (χ0v) is 13.4. The first-order chi connectivity index (χ1) is 11.0. The van der Waals surface area contributed by atoms with E-state index in [1.165, 1.54) is 5.56 Å². The lowest BCUT2D eigenvalue weighted by molar-refractivity contribution is 0.0898. The lowest BCUT2D eigenvalue weighted by atomic mass is 10.0. The maximum atomic E-state index is 12.9. The second kappa shape index (κ2) is 6.07. The number of fused-ring (bicyclic) bond motifs is 2. The van der Waals surface area contributed by atoms with Gasteiger partial charge in [-0.15, -0.1) is 0 Å². The van der Waals surface area contributed by atoms with Crippen molar-refractivity contribution in [3.8, 4) is 0 Å². The van der Waals surface area contributed by atoms with Crippen molar-refractivity contribution < 1.29 is 14.0 Å². The monoisotopic (exact) mass is 310 g/mol. The van der Waals surface area contributed by atoms with E-state index in [4.69, 9.17) is 0 Å². The molecule has 0 N–H and O–H groups in total. The number of halogens is 1. The third-order valence-electron chi connectivity index (χ3n) is 4.55. The summed E-state index contributed by atoms with van der Waals surface area (Å²) in [4.78, 5) is 22.5. The van der Waals surface area contributed by atoms with Gasteiger partial charge >= 0.3 is 0 Å². The first-order valence-electron chi connectivity index (χ1n) is 7.87. The molecule has 0 radical (unpaired) electrons. The van der Waals surface area contributed by atoms with Crippen molar-refractivity contribution >= 4 is 11.6 Å². The van der Waals surface area contributed by atoms with Gasteiger partial charge in [-0.2, -0.15) is 0 Å². The molecule has 1 unspecified atom stereocenters. The second-order valence-electron chi connectivity index (χ2n) is 6.18. The van der Waals surface area contributed by atoms with Crippen molar-refractivity contribution in [2.75, 3.05) is 0 Å². The van der Waals surface area contributed by atoms with Crippen LogP contribution in [0.5, 0.6) is 0 Å². The third kappa shape index (κ3) is 2.83. The van der Waals surface area contributed by atoms with E-state index >= 15 is 0 Å². The molecule has 3 heteroatoms. The molecule has 2 aromatic carbocycles. The van der Waals surface area contributed by atoms with Gasteiger partial charge in [0.1, 0.15) is 0 Å². The van der Waals surface area contributed by atoms with Gasteiger partial charge in [0.15, 0.2) is 17.7 Å². The molecular weight excluding hydrogens is 291 g/mol. The summed E-state index contributed by atoms with van der Waals surface area (Å²) in [6, 6.07) is 11.6. The lowest BCUT2D eigenvalue weighted by Gasteiger charge is -1.99. The van der Waals surface area contributed by atoms with Gasteiger partial charge in [0.25, 0.3) is 0 Å². The van der Waals surface area contributed by atoms with Crippen molar-refractivity contribution in [3.05, 3.63) is 69.8 Å². The number of ketones is 2. The topological polar surface area (TPSA) is 34.1 Å². The highest BCUT2D eigenvalue weighted by atomic mass is 19.1. The van der Waals surface area contributed by atoms with E-state index in [9.17, 15) is 14.0 Å². The van der Waals surface area contributed by atoms with Crippen LogP contribution in [0.2, 0.25) is 0 Å². The molecule has 23 heavy (non-hydrogen) atoms. The van der Waals surface area contributed by atoms with Crippen LogP contribution >= 0.6 is 0 Å². The standard InChI is InChI=1S/C10H9FO.C10H10O/c1-6-3-2-4-7-5-8(11)10(12)9(6)7;1-7-3-2-4-8-5-6-9(11)10(7)8/h2-4,8H,5H2,1H3;2-4H,5-6H2,1H3. The van der Waals surface area contributed by atoms with Crippen LogP contribution in [-0.4, -0.2) is 17.7 Å². The second-order valence-corrected chi connectivity index (χ2v) is 6.18. The molecule has 2 aromatic rings. The van der Waals surface area contributed by atoms with Gasteiger partial charge in [-0.05, 0) is 42.5 Å². The Morgan fingerprint density at radius 1 is 0.870 bits per heavy atom. The normalized spacial score (nSPS) is 18.3. The van der Waals surface area contributed by atoms with Crippen LogP contribution in [0.1, 0.15) is 49.4 Å². The summed E-state index contributed by atoms with van der Waals surface area (Å²) >= 11 is 0. The lowest BCUT2D eigenvalue weighted by Crippen LogP contribution is -2.09. The fraction of sp³-hybridized carbons (Fsp3) is 0.300. The van der Waals surface area contributed by atoms with E-state index in [0.717, 1.165) is 28.7 Å². The van der Waals surface area contributed by atoms with Crippen LogP contribution in [0.3, 0.4) is 0 Å². The molecule has 0 saturated carbocycles. The molecule has 2 nitrogen and oxygen atoms in total. The van der Waals surface area contributed by atoms with Gasteiger partial charge in [-0.3, -0.25) is 9.59 Å². The molecule has 0 spiro atoms. The summed E-state index contributed by atoms with van der Waals surface area (Å²) in [5, 5.41) is 0. The van der Waals surface area contributed by atoms with Crippen LogP contribution in [-0.2, 0) is 12.8 Å². The summed E-state index contributed by atoms with van der Waals surface area (Å²) in [5.74, 6) is -0.0267. The molecule has 0 aliphatic heterocycles. The SMILES string of the molecule is Cc1cccc2c1C(=O)C(F)C2.Cc1cccc2c1C(=O)CC2. The molecule has 2 aliphatic rings. The molecule has 118 valence electrons. The molecule has 0 heterocycles.